The zero-order chi connectivity index (χ0) is 19.6. The van der Waals surface area contributed by atoms with Crippen molar-refractivity contribution in [2.45, 2.75) is 103 Å². The molecule has 0 saturated carbocycles. The van der Waals surface area contributed by atoms with Crippen LogP contribution in [0.4, 0.5) is 0 Å². The monoisotopic (exact) mass is 409 g/mol. The van der Waals surface area contributed by atoms with Gasteiger partial charge < -0.3 is 16.9 Å². The van der Waals surface area contributed by atoms with Crippen LogP contribution in [-0.4, -0.2) is 31.7 Å². The molecule has 1 aromatic rings. The number of halogens is 1. The van der Waals surface area contributed by atoms with Crippen LogP contribution in [0.1, 0.15) is 102 Å². The molecule has 0 N–H and O–H groups in total. The maximum absolute atomic E-state index is 2.39. The lowest BCUT2D eigenvalue weighted by Gasteiger charge is -2.30. The average Bonchev–Trinajstić information content (AvgIpc) is 2.67. The van der Waals surface area contributed by atoms with Crippen LogP contribution in [-0.2, 0) is 6.42 Å². The van der Waals surface area contributed by atoms with Gasteiger partial charge in [0.1, 0.15) is 0 Å². The summed E-state index contributed by atoms with van der Waals surface area (Å²) >= 11 is 0. The van der Waals surface area contributed by atoms with Crippen LogP contribution < -0.4 is 12.4 Å². The van der Waals surface area contributed by atoms with Gasteiger partial charge in [0, 0.05) is 6.42 Å². The van der Waals surface area contributed by atoms with Crippen LogP contribution in [0.5, 0.6) is 0 Å². The summed E-state index contributed by atoms with van der Waals surface area (Å²) in [5.41, 5.74) is 1.48. The topological polar surface area (TPSA) is 0 Å². The highest BCUT2D eigenvalue weighted by Crippen LogP contribution is 2.14. The first-order chi connectivity index (χ1) is 13.1. The van der Waals surface area contributed by atoms with Crippen LogP contribution in [0.2, 0.25) is 0 Å². The van der Waals surface area contributed by atoms with Crippen LogP contribution in [0.15, 0.2) is 30.3 Å². The van der Waals surface area contributed by atoms with Crippen molar-refractivity contribution in [3.63, 3.8) is 0 Å². The molecule has 0 aliphatic rings. The van der Waals surface area contributed by atoms with Gasteiger partial charge in [0.25, 0.3) is 0 Å². The lowest BCUT2D eigenvalue weighted by Crippen LogP contribution is -3.00. The van der Waals surface area contributed by atoms with Crippen molar-refractivity contribution in [2.75, 3.05) is 27.2 Å². The summed E-state index contributed by atoms with van der Waals surface area (Å²) in [6.45, 7) is 4.87. The molecule has 0 aromatic heterocycles. The standard InChI is InChI=1S/C26H48N.ClH/c1-4-5-6-7-8-9-10-11-12-13-14-15-16-20-24-27(2,3)25-23-26-21-18-17-19-22-26;/h17-19,21-22H,4-16,20,23-25H2,1-3H3;1H/q+1;/p-1. The van der Waals surface area contributed by atoms with Gasteiger partial charge in [-0.05, 0) is 18.4 Å². The average molecular weight is 410 g/mol. The van der Waals surface area contributed by atoms with E-state index >= 15 is 0 Å². The fourth-order valence-electron chi connectivity index (χ4n) is 3.92. The summed E-state index contributed by atoms with van der Waals surface area (Å²) in [5, 5.41) is 0. The first kappa shape index (κ1) is 27.5. The Morgan fingerprint density at radius 3 is 1.46 bits per heavy atom. The van der Waals surface area contributed by atoms with Crippen molar-refractivity contribution in [1.29, 1.82) is 0 Å². The highest BCUT2D eigenvalue weighted by Gasteiger charge is 2.14. The molecule has 0 amide bonds. The summed E-state index contributed by atoms with van der Waals surface area (Å²) in [7, 11) is 4.79. The van der Waals surface area contributed by atoms with E-state index in [9.17, 15) is 0 Å². The normalized spacial score (nSPS) is 11.4. The Morgan fingerprint density at radius 2 is 1.00 bits per heavy atom. The van der Waals surface area contributed by atoms with E-state index in [1.165, 1.54) is 115 Å². The van der Waals surface area contributed by atoms with Gasteiger partial charge in [0.15, 0.2) is 0 Å². The van der Waals surface area contributed by atoms with E-state index in [1.54, 1.807) is 0 Å². The molecular formula is C26H48ClN. The molecule has 0 saturated heterocycles. The molecule has 2 heteroatoms. The lowest BCUT2D eigenvalue weighted by molar-refractivity contribution is -0.890. The minimum absolute atomic E-state index is 0. The first-order valence-electron chi connectivity index (χ1n) is 12.0. The molecule has 0 fully saturated rings. The second kappa shape index (κ2) is 18.5. The Morgan fingerprint density at radius 1 is 0.571 bits per heavy atom. The number of hydrogen-bond donors (Lipinski definition) is 0. The van der Waals surface area contributed by atoms with E-state index < -0.39 is 0 Å². The molecule has 1 nitrogen and oxygen atoms in total. The zero-order valence-electron chi connectivity index (χ0n) is 19.2. The summed E-state index contributed by atoms with van der Waals surface area (Å²) in [4.78, 5) is 0. The number of hydrogen-bond acceptors (Lipinski definition) is 0. The smallest absolute Gasteiger partial charge is 0.0823 e. The number of unbranched alkanes of at least 4 members (excludes halogenated alkanes) is 13. The third-order valence-corrected chi connectivity index (χ3v) is 5.97. The van der Waals surface area contributed by atoms with Gasteiger partial charge >= 0.3 is 0 Å². The van der Waals surface area contributed by atoms with Gasteiger partial charge in [0.2, 0.25) is 0 Å². The molecule has 0 spiro atoms. The van der Waals surface area contributed by atoms with Gasteiger partial charge in [-0.25, -0.2) is 0 Å². The van der Waals surface area contributed by atoms with Crippen molar-refractivity contribution in [1.82, 2.24) is 0 Å². The Labute approximate surface area is 183 Å². The van der Waals surface area contributed by atoms with E-state index in [2.05, 4.69) is 51.4 Å². The van der Waals surface area contributed by atoms with Crippen molar-refractivity contribution in [2.24, 2.45) is 0 Å². The molecule has 1 aromatic carbocycles. The molecule has 0 unspecified atom stereocenters. The molecular weight excluding hydrogens is 362 g/mol. The summed E-state index contributed by atoms with van der Waals surface area (Å²) in [6.07, 6.45) is 21.4. The molecule has 28 heavy (non-hydrogen) atoms. The van der Waals surface area contributed by atoms with Crippen LogP contribution in [0.3, 0.4) is 0 Å². The molecule has 0 aliphatic carbocycles. The molecule has 0 heterocycles. The van der Waals surface area contributed by atoms with E-state index in [1.807, 2.05) is 0 Å². The predicted octanol–water partition coefficient (Wildman–Crippen LogP) is 4.79. The largest absolute Gasteiger partial charge is 1.00 e. The number of likely N-dealkylation sites (N-methyl/N-ethyl adjacent to an activating group) is 1. The van der Waals surface area contributed by atoms with E-state index in [-0.39, 0.29) is 12.4 Å². The van der Waals surface area contributed by atoms with Gasteiger partial charge in [-0.3, -0.25) is 0 Å². The first-order valence-corrected chi connectivity index (χ1v) is 12.0. The van der Waals surface area contributed by atoms with Crippen molar-refractivity contribution in [3.05, 3.63) is 35.9 Å². The Hall–Kier alpha value is -0.530. The molecule has 0 radical (unpaired) electrons. The number of rotatable bonds is 18. The van der Waals surface area contributed by atoms with Gasteiger partial charge in [0.05, 0.1) is 27.2 Å². The molecule has 0 aliphatic heterocycles. The Kier molecular flexibility index (Phi) is 18.1. The quantitative estimate of drug-likeness (QED) is 0.241. The SMILES string of the molecule is CCCCCCCCCCCCCCCC[N+](C)(C)CCc1ccccc1.[Cl-]. The molecule has 164 valence electrons. The second-order valence-corrected chi connectivity index (χ2v) is 9.21. The lowest BCUT2D eigenvalue weighted by atomic mass is 10.0. The zero-order valence-corrected chi connectivity index (χ0v) is 20.0. The van der Waals surface area contributed by atoms with E-state index in [0.29, 0.717) is 0 Å². The maximum Gasteiger partial charge on any atom is 0.0823 e. The van der Waals surface area contributed by atoms with Gasteiger partial charge in [-0.15, -0.1) is 0 Å². The summed E-state index contributed by atoms with van der Waals surface area (Å²) < 4.78 is 1.16. The third-order valence-electron chi connectivity index (χ3n) is 5.97. The minimum Gasteiger partial charge on any atom is -1.00 e. The van der Waals surface area contributed by atoms with Crippen molar-refractivity contribution >= 4 is 0 Å². The molecule has 1 rings (SSSR count). The Bertz CT molecular complexity index is 429. The second-order valence-electron chi connectivity index (χ2n) is 9.21. The fraction of sp³-hybridized carbons (Fsp3) is 0.769. The van der Waals surface area contributed by atoms with Crippen LogP contribution in [0, 0.1) is 0 Å². The van der Waals surface area contributed by atoms with E-state index in [0.717, 1.165) is 4.48 Å². The summed E-state index contributed by atoms with van der Waals surface area (Å²) in [6, 6.07) is 10.9. The molecule has 0 atom stereocenters. The van der Waals surface area contributed by atoms with Crippen molar-refractivity contribution in [3.8, 4) is 0 Å². The van der Waals surface area contributed by atoms with Crippen LogP contribution in [0.25, 0.3) is 0 Å². The third kappa shape index (κ3) is 16.4. The van der Waals surface area contributed by atoms with Gasteiger partial charge in [-0.1, -0.05) is 114 Å². The molecule has 0 bridgehead atoms. The predicted molar refractivity (Wildman–Crippen MR) is 122 cm³/mol. The highest BCUT2D eigenvalue weighted by atomic mass is 35.5. The maximum atomic E-state index is 2.39. The van der Waals surface area contributed by atoms with E-state index in [4.69, 9.17) is 0 Å². The van der Waals surface area contributed by atoms with Gasteiger partial charge in [-0.2, -0.15) is 0 Å². The highest BCUT2D eigenvalue weighted by molar-refractivity contribution is 5.14. The van der Waals surface area contributed by atoms with Crippen molar-refractivity contribution < 1.29 is 16.9 Å². The summed E-state index contributed by atoms with van der Waals surface area (Å²) in [5.74, 6) is 0. The number of nitrogens with zero attached hydrogens (tertiary/aromatic N) is 1. The number of quaternary nitrogens is 1. The minimum atomic E-state index is 0. The Balaban J connectivity index is 0.00000729. The fourth-order valence-corrected chi connectivity index (χ4v) is 3.92. The van der Waals surface area contributed by atoms with Crippen LogP contribution >= 0.6 is 0 Å². The number of benzene rings is 1.